The van der Waals surface area contributed by atoms with Crippen molar-refractivity contribution in [3.63, 3.8) is 0 Å². The van der Waals surface area contributed by atoms with Gasteiger partial charge < -0.3 is 19.7 Å². The molecule has 182 valence electrons. The summed E-state index contributed by atoms with van der Waals surface area (Å²) in [5, 5.41) is 3.83. The van der Waals surface area contributed by atoms with E-state index in [2.05, 4.69) is 25.1 Å². The second kappa shape index (κ2) is 10.1. The zero-order valence-corrected chi connectivity index (χ0v) is 20.0. The predicted octanol–water partition coefficient (Wildman–Crippen LogP) is 3.49. The van der Waals surface area contributed by atoms with E-state index in [4.69, 9.17) is 16.3 Å². The number of carbonyl (C=O) groups excluding carboxylic acids is 1. The molecule has 0 amide bonds. The summed E-state index contributed by atoms with van der Waals surface area (Å²) in [4.78, 5) is 24.6. The highest BCUT2D eigenvalue weighted by molar-refractivity contribution is 6.30. The Balaban J connectivity index is 1.04. The number of carbonyl (C=O) groups is 1. The Morgan fingerprint density at radius 2 is 1.97 bits per heavy atom. The van der Waals surface area contributed by atoms with Crippen LogP contribution < -0.4 is 15.0 Å². The molecule has 3 aliphatic heterocycles. The number of benzene rings is 1. The van der Waals surface area contributed by atoms with Crippen LogP contribution in [0.1, 0.15) is 37.3 Å². The van der Waals surface area contributed by atoms with Crippen molar-refractivity contribution >= 4 is 23.8 Å². The van der Waals surface area contributed by atoms with E-state index in [1.165, 1.54) is 6.07 Å². The van der Waals surface area contributed by atoms with Gasteiger partial charge in [-0.15, -0.1) is 0 Å². The highest BCUT2D eigenvalue weighted by Crippen LogP contribution is 2.39. The van der Waals surface area contributed by atoms with Crippen LogP contribution in [0.25, 0.3) is 0 Å². The summed E-state index contributed by atoms with van der Waals surface area (Å²) in [7, 11) is 0. The number of aromatic nitrogens is 2. The van der Waals surface area contributed by atoms with Gasteiger partial charge in [-0.05, 0) is 37.7 Å². The van der Waals surface area contributed by atoms with Gasteiger partial charge in [-0.25, -0.2) is 14.4 Å². The van der Waals surface area contributed by atoms with Crippen molar-refractivity contribution in [2.24, 2.45) is 11.3 Å². The normalized spacial score (nSPS) is 21.1. The molecule has 0 radical (unpaired) electrons. The third-order valence-corrected chi connectivity index (χ3v) is 7.61. The van der Waals surface area contributed by atoms with Crippen molar-refractivity contribution < 1.29 is 13.9 Å². The number of aldehydes is 1. The highest BCUT2D eigenvalue weighted by atomic mass is 35.5. The maximum atomic E-state index is 14.8. The van der Waals surface area contributed by atoms with Crippen LogP contribution in [0.4, 0.5) is 10.3 Å². The van der Waals surface area contributed by atoms with E-state index in [1.807, 2.05) is 0 Å². The fourth-order valence-electron chi connectivity index (χ4n) is 5.36. The molecule has 1 spiro atoms. The molecular weight excluding hydrogens is 457 g/mol. The topological polar surface area (TPSA) is 70.6 Å². The number of halogens is 2. The molecule has 0 saturated carbocycles. The molecule has 0 unspecified atom stereocenters. The summed E-state index contributed by atoms with van der Waals surface area (Å²) in [6.07, 6.45) is 8.31. The van der Waals surface area contributed by atoms with Gasteiger partial charge in [0.15, 0.2) is 0 Å². The van der Waals surface area contributed by atoms with E-state index >= 15 is 0 Å². The Labute approximate surface area is 204 Å². The van der Waals surface area contributed by atoms with E-state index in [9.17, 15) is 9.18 Å². The van der Waals surface area contributed by atoms with E-state index in [0.717, 1.165) is 77.2 Å². The molecule has 1 aromatic heterocycles. The molecule has 2 aromatic rings. The summed E-state index contributed by atoms with van der Waals surface area (Å²) in [6.45, 7) is 6.08. The average Bonchev–Trinajstić information content (AvgIpc) is 2.79. The number of rotatable bonds is 9. The number of nitrogens with one attached hydrogen (secondary N) is 1. The molecule has 4 heterocycles. The maximum absolute atomic E-state index is 14.8. The molecule has 34 heavy (non-hydrogen) atoms. The number of piperidine rings is 1. The van der Waals surface area contributed by atoms with Crippen LogP contribution in [0.5, 0.6) is 5.75 Å². The fraction of sp³-hybridized carbons (Fsp3) is 0.560. The maximum Gasteiger partial charge on any atom is 0.225 e. The van der Waals surface area contributed by atoms with Crippen molar-refractivity contribution in [2.75, 3.05) is 50.8 Å². The summed E-state index contributed by atoms with van der Waals surface area (Å²) < 4.78 is 20.6. The fourth-order valence-corrected chi connectivity index (χ4v) is 5.46. The Morgan fingerprint density at radius 3 is 2.59 bits per heavy atom. The minimum Gasteiger partial charge on any atom is -0.493 e. The first-order valence-electron chi connectivity index (χ1n) is 12.1. The first-order chi connectivity index (χ1) is 16.5. The first-order valence-corrected chi connectivity index (χ1v) is 12.5. The van der Waals surface area contributed by atoms with Gasteiger partial charge in [-0.1, -0.05) is 17.7 Å². The van der Waals surface area contributed by atoms with E-state index in [0.29, 0.717) is 34.3 Å². The molecule has 5 rings (SSSR count). The van der Waals surface area contributed by atoms with E-state index in [-0.39, 0.29) is 5.82 Å². The third-order valence-electron chi connectivity index (χ3n) is 7.42. The van der Waals surface area contributed by atoms with Crippen LogP contribution in [0, 0.1) is 17.2 Å². The van der Waals surface area contributed by atoms with Gasteiger partial charge >= 0.3 is 0 Å². The Morgan fingerprint density at radius 1 is 1.24 bits per heavy atom. The standard InChI is InChI=1S/C25H31ClFN5O2/c26-19-11-29-24(30-12-19)31-7-5-18(6-8-31)2-1-9-34-20-3-4-21(22(27)10-20)23(13-33)32-16-25(17-32)14-28-15-25/h3-4,10-13,18,23,28H,1-2,5-9,14-17H2/t23-/m1/s1. The molecule has 1 N–H and O–H groups in total. The molecule has 1 aromatic carbocycles. The minimum absolute atomic E-state index is 0.293. The second-order valence-corrected chi connectivity index (χ2v) is 10.3. The van der Waals surface area contributed by atoms with Crippen molar-refractivity contribution in [1.29, 1.82) is 0 Å². The number of anilines is 1. The number of hydrogen-bond acceptors (Lipinski definition) is 7. The lowest BCUT2D eigenvalue weighted by molar-refractivity contribution is -0.122. The van der Waals surface area contributed by atoms with Crippen LogP contribution in [-0.4, -0.2) is 67.0 Å². The molecule has 1 atom stereocenters. The van der Waals surface area contributed by atoms with E-state index in [1.54, 1.807) is 24.5 Å². The van der Waals surface area contributed by atoms with Gasteiger partial charge in [0.2, 0.25) is 5.95 Å². The molecule has 3 aliphatic rings. The molecule has 7 nitrogen and oxygen atoms in total. The Bertz CT molecular complexity index is 987. The van der Waals surface area contributed by atoms with Gasteiger partial charge in [-0.2, -0.15) is 0 Å². The SMILES string of the molecule is O=C[C@H](c1ccc(OCCCC2CCN(c3ncc(Cl)cn3)CC2)cc1F)N1CC2(CNC2)C1. The molecule has 0 aliphatic carbocycles. The zero-order valence-electron chi connectivity index (χ0n) is 19.3. The van der Waals surface area contributed by atoms with Crippen LogP contribution in [0.15, 0.2) is 30.6 Å². The Hall–Kier alpha value is -2.29. The summed E-state index contributed by atoms with van der Waals surface area (Å²) in [5.74, 6) is 1.52. The first kappa shape index (κ1) is 23.5. The predicted molar refractivity (Wildman–Crippen MR) is 129 cm³/mol. The van der Waals surface area contributed by atoms with Crippen molar-refractivity contribution in [2.45, 2.75) is 31.7 Å². The minimum atomic E-state index is -0.524. The molecule has 3 saturated heterocycles. The summed E-state index contributed by atoms with van der Waals surface area (Å²) >= 11 is 5.87. The third kappa shape index (κ3) is 5.04. The Kier molecular flexibility index (Phi) is 6.99. The number of ether oxygens (including phenoxy) is 1. The zero-order chi connectivity index (χ0) is 23.5. The quantitative estimate of drug-likeness (QED) is 0.429. The largest absolute Gasteiger partial charge is 0.493 e. The molecule has 0 bridgehead atoms. The van der Waals surface area contributed by atoms with Crippen molar-refractivity contribution in [3.05, 3.63) is 47.0 Å². The van der Waals surface area contributed by atoms with Gasteiger partial charge in [0.1, 0.15) is 17.9 Å². The van der Waals surface area contributed by atoms with Crippen LogP contribution in [0.2, 0.25) is 5.02 Å². The van der Waals surface area contributed by atoms with Gasteiger partial charge in [0, 0.05) is 56.3 Å². The highest BCUT2D eigenvalue weighted by Gasteiger charge is 2.49. The smallest absolute Gasteiger partial charge is 0.225 e. The van der Waals surface area contributed by atoms with Gasteiger partial charge in [-0.3, -0.25) is 4.90 Å². The van der Waals surface area contributed by atoms with Gasteiger partial charge in [0.05, 0.1) is 30.1 Å². The monoisotopic (exact) mass is 487 g/mol. The number of hydrogen-bond donors (Lipinski definition) is 1. The van der Waals surface area contributed by atoms with Crippen LogP contribution >= 0.6 is 11.6 Å². The van der Waals surface area contributed by atoms with Crippen LogP contribution in [0.3, 0.4) is 0 Å². The van der Waals surface area contributed by atoms with Crippen LogP contribution in [-0.2, 0) is 4.79 Å². The lowest BCUT2D eigenvalue weighted by atomic mass is 9.73. The summed E-state index contributed by atoms with van der Waals surface area (Å²) in [6, 6.07) is 4.36. The molecule has 9 heteroatoms. The summed E-state index contributed by atoms with van der Waals surface area (Å²) in [5.41, 5.74) is 0.724. The molecule has 3 fully saturated rings. The van der Waals surface area contributed by atoms with E-state index < -0.39 is 6.04 Å². The lowest BCUT2D eigenvalue weighted by Crippen LogP contribution is -2.71. The van der Waals surface area contributed by atoms with Crippen molar-refractivity contribution in [3.8, 4) is 5.75 Å². The van der Waals surface area contributed by atoms with Crippen molar-refractivity contribution in [1.82, 2.24) is 20.2 Å². The second-order valence-electron chi connectivity index (χ2n) is 9.90. The lowest BCUT2D eigenvalue weighted by Gasteiger charge is -2.57. The number of likely N-dealkylation sites (tertiary alicyclic amines) is 1. The van der Waals surface area contributed by atoms with Gasteiger partial charge in [0.25, 0.3) is 0 Å². The average molecular weight is 488 g/mol. The number of nitrogens with zero attached hydrogens (tertiary/aromatic N) is 4. The molecular formula is C25H31ClFN5O2.